The Kier molecular flexibility index (Phi) is 6.92. The van der Waals surface area contributed by atoms with Crippen LogP contribution in [0.15, 0.2) is 73.1 Å². The molecule has 6 heteroatoms. The second kappa shape index (κ2) is 9.80. The maximum Gasteiger partial charge on any atom is 0.174 e. The molecule has 0 atom stereocenters. The van der Waals surface area contributed by atoms with Gasteiger partial charge in [-0.25, -0.2) is 4.39 Å². The summed E-state index contributed by atoms with van der Waals surface area (Å²) in [4.78, 5) is 6.07. The van der Waals surface area contributed by atoms with Crippen LogP contribution in [0, 0.1) is 5.82 Å². The number of pyridine rings is 1. The molecule has 1 N–H and O–H groups in total. The minimum absolute atomic E-state index is 0.248. The molecule has 3 rings (SSSR count). The Morgan fingerprint density at radius 3 is 2.54 bits per heavy atom. The number of benzene rings is 2. The van der Waals surface area contributed by atoms with Crippen molar-refractivity contribution < 1.29 is 9.13 Å². The zero-order chi connectivity index (χ0) is 19.8. The Labute approximate surface area is 170 Å². The monoisotopic (exact) mass is 395 g/mol. The summed E-state index contributed by atoms with van der Waals surface area (Å²) in [6.07, 6.45) is 3.51. The Hall–Kier alpha value is -2.99. The molecule has 1 aromatic heterocycles. The van der Waals surface area contributed by atoms with Crippen molar-refractivity contribution in [2.24, 2.45) is 0 Å². The molecule has 28 heavy (non-hydrogen) atoms. The lowest BCUT2D eigenvalue weighted by Gasteiger charge is -2.26. The molecule has 0 bridgehead atoms. The highest BCUT2D eigenvalue weighted by Gasteiger charge is 2.14. The number of rotatable bonds is 7. The molecular formula is C22H22FN3OS. The van der Waals surface area contributed by atoms with Gasteiger partial charge in [-0.3, -0.25) is 4.98 Å². The van der Waals surface area contributed by atoms with Gasteiger partial charge in [-0.05, 0) is 61.1 Å². The smallest absolute Gasteiger partial charge is 0.174 e. The molecule has 0 spiro atoms. The molecule has 144 valence electrons. The van der Waals surface area contributed by atoms with Crippen molar-refractivity contribution in [3.8, 4) is 5.75 Å². The molecule has 0 saturated carbocycles. The highest BCUT2D eigenvalue weighted by Crippen LogP contribution is 2.18. The average molecular weight is 396 g/mol. The lowest BCUT2D eigenvalue weighted by Crippen LogP contribution is -2.34. The van der Waals surface area contributed by atoms with Gasteiger partial charge in [0, 0.05) is 36.7 Å². The predicted molar refractivity (Wildman–Crippen MR) is 114 cm³/mol. The van der Waals surface area contributed by atoms with Crippen LogP contribution >= 0.6 is 12.2 Å². The van der Waals surface area contributed by atoms with E-state index in [2.05, 4.69) is 10.3 Å². The zero-order valence-corrected chi connectivity index (χ0v) is 16.5. The van der Waals surface area contributed by atoms with E-state index in [-0.39, 0.29) is 5.82 Å². The molecule has 0 fully saturated rings. The number of ether oxygens (including phenoxy) is 1. The number of hydrogen-bond donors (Lipinski definition) is 1. The number of thiocarbonyl (C=S) groups is 1. The number of aromatic nitrogens is 1. The van der Waals surface area contributed by atoms with E-state index in [1.54, 1.807) is 24.5 Å². The summed E-state index contributed by atoms with van der Waals surface area (Å²) < 4.78 is 19.6. The Balaban J connectivity index is 1.76. The van der Waals surface area contributed by atoms with Crippen LogP contribution in [0.4, 0.5) is 10.1 Å². The molecule has 0 unspecified atom stereocenters. The molecule has 3 aromatic rings. The van der Waals surface area contributed by atoms with Crippen LogP contribution in [0.2, 0.25) is 0 Å². The van der Waals surface area contributed by atoms with Gasteiger partial charge in [-0.2, -0.15) is 0 Å². The third-order valence-electron chi connectivity index (χ3n) is 4.12. The fourth-order valence-corrected chi connectivity index (χ4v) is 2.99. The SMILES string of the molecule is CCOc1ccc(NC(=S)N(Cc2cccnc2)Cc2ccccc2F)cc1. The number of anilines is 1. The first kappa shape index (κ1) is 19.8. The van der Waals surface area contributed by atoms with Gasteiger partial charge >= 0.3 is 0 Å². The normalized spacial score (nSPS) is 10.4. The van der Waals surface area contributed by atoms with Gasteiger partial charge in [0.15, 0.2) is 5.11 Å². The summed E-state index contributed by atoms with van der Waals surface area (Å²) >= 11 is 5.62. The Morgan fingerprint density at radius 1 is 1.07 bits per heavy atom. The molecule has 0 aliphatic heterocycles. The van der Waals surface area contributed by atoms with Gasteiger partial charge in [0.05, 0.1) is 6.61 Å². The minimum Gasteiger partial charge on any atom is -0.494 e. The second-order valence-electron chi connectivity index (χ2n) is 6.20. The second-order valence-corrected chi connectivity index (χ2v) is 6.58. The summed E-state index contributed by atoms with van der Waals surface area (Å²) in [5, 5.41) is 3.74. The highest BCUT2D eigenvalue weighted by atomic mass is 32.1. The van der Waals surface area contributed by atoms with E-state index in [0.717, 1.165) is 17.0 Å². The van der Waals surface area contributed by atoms with E-state index in [1.165, 1.54) is 6.07 Å². The van der Waals surface area contributed by atoms with Crippen molar-refractivity contribution in [1.82, 2.24) is 9.88 Å². The number of halogens is 1. The molecule has 0 aliphatic carbocycles. The first-order chi connectivity index (χ1) is 13.7. The van der Waals surface area contributed by atoms with Crippen molar-refractivity contribution >= 4 is 23.0 Å². The summed E-state index contributed by atoms with van der Waals surface area (Å²) in [6.45, 7) is 3.43. The van der Waals surface area contributed by atoms with E-state index < -0.39 is 0 Å². The first-order valence-electron chi connectivity index (χ1n) is 9.07. The summed E-state index contributed by atoms with van der Waals surface area (Å²) in [7, 11) is 0. The van der Waals surface area contributed by atoms with Crippen molar-refractivity contribution in [3.63, 3.8) is 0 Å². The van der Waals surface area contributed by atoms with Gasteiger partial charge in [0.2, 0.25) is 0 Å². The van der Waals surface area contributed by atoms with E-state index in [0.29, 0.717) is 30.4 Å². The quantitative estimate of drug-likeness (QED) is 0.569. The van der Waals surface area contributed by atoms with Crippen LogP contribution in [-0.2, 0) is 13.1 Å². The number of hydrogen-bond acceptors (Lipinski definition) is 3. The number of nitrogens with one attached hydrogen (secondary N) is 1. The molecule has 0 amide bonds. The lowest BCUT2D eigenvalue weighted by atomic mass is 10.2. The van der Waals surface area contributed by atoms with Crippen molar-refractivity contribution in [2.75, 3.05) is 11.9 Å². The van der Waals surface area contributed by atoms with Gasteiger partial charge in [0.25, 0.3) is 0 Å². The molecule has 0 saturated heterocycles. The van der Waals surface area contributed by atoms with Crippen LogP contribution in [0.25, 0.3) is 0 Å². The van der Waals surface area contributed by atoms with Gasteiger partial charge in [0.1, 0.15) is 11.6 Å². The van der Waals surface area contributed by atoms with E-state index in [9.17, 15) is 4.39 Å². The predicted octanol–water partition coefficient (Wildman–Crippen LogP) is 5.02. The van der Waals surface area contributed by atoms with Gasteiger partial charge in [-0.1, -0.05) is 24.3 Å². The Bertz CT molecular complexity index is 903. The fraction of sp³-hybridized carbons (Fsp3) is 0.182. The van der Waals surface area contributed by atoms with Crippen LogP contribution in [0.5, 0.6) is 5.75 Å². The molecule has 2 aromatic carbocycles. The fourth-order valence-electron chi connectivity index (χ4n) is 2.75. The minimum atomic E-state index is -0.248. The van der Waals surface area contributed by atoms with Gasteiger partial charge < -0.3 is 15.0 Å². The third kappa shape index (κ3) is 5.50. The van der Waals surface area contributed by atoms with E-state index in [4.69, 9.17) is 17.0 Å². The maximum atomic E-state index is 14.2. The largest absolute Gasteiger partial charge is 0.494 e. The molecule has 0 aliphatic rings. The summed E-state index contributed by atoms with van der Waals surface area (Å²) in [6, 6.07) is 18.2. The van der Waals surface area contributed by atoms with Crippen molar-refractivity contribution in [3.05, 3.63) is 90.0 Å². The Morgan fingerprint density at radius 2 is 1.86 bits per heavy atom. The molecular weight excluding hydrogens is 373 g/mol. The van der Waals surface area contributed by atoms with E-state index >= 15 is 0 Å². The van der Waals surface area contributed by atoms with Crippen LogP contribution in [-0.4, -0.2) is 21.6 Å². The van der Waals surface area contributed by atoms with Crippen molar-refractivity contribution in [2.45, 2.75) is 20.0 Å². The molecule has 4 nitrogen and oxygen atoms in total. The summed E-state index contributed by atoms with van der Waals surface area (Å²) in [5.41, 5.74) is 2.43. The molecule has 1 heterocycles. The van der Waals surface area contributed by atoms with Gasteiger partial charge in [-0.15, -0.1) is 0 Å². The van der Waals surface area contributed by atoms with E-state index in [1.807, 2.05) is 54.3 Å². The summed E-state index contributed by atoms with van der Waals surface area (Å²) in [5.74, 6) is 0.556. The highest BCUT2D eigenvalue weighted by molar-refractivity contribution is 7.80. The van der Waals surface area contributed by atoms with Crippen LogP contribution < -0.4 is 10.1 Å². The lowest BCUT2D eigenvalue weighted by molar-refractivity contribution is 0.340. The standard InChI is InChI=1S/C22H22FN3OS/c1-2-27-20-11-9-19(10-12-20)25-22(28)26(15-17-6-5-13-24-14-17)16-18-7-3-4-8-21(18)23/h3-14H,2,15-16H2,1H3,(H,25,28). The topological polar surface area (TPSA) is 37.4 Å². The first-order valence-corrected chi connectivity index (χ1v) is 9.47. The van der Waals surface area contributed by atoms with Crippen LogP contribution in [0.3, 0.4) is 0 Å². The number of nitrogens with zero attached hydrogens (tertiary/aromatic N) is 2. The molecule has 0 radical (unpaired) electrons. The average Bonchev–Trinajstić information content (AvgIpc) is 2.71. The van der Waals surface area contributed by atoms with Crippen molar-refractivity contribution in [1.29, 1.82) is 0 Å². The van der Waals surface area contributed by atoms with Crippen LogP contribution in [0.1, 0.15) is 18.1 Å². The maximum absolute atomic E-state index is 14.2. The third-order valence-corrected chi connectivity index (χ3v) is 4.48. The zero-order valence-electron chi connectivity index (χ0n) is 15.6.